The summed E-state index contributed by atoms with van der Waals surface area (Å²) >= 11 is -1.35. The van der Waals surface area contributed by atoms with Gasteiger partial charge in [-0.3, -0.25) is 0 Å². The SMILES string of the molecule is C[C](C)(c1ccccc1)[Cr]([C](C)(C)c1ccccc1)[C](C)(C)c1ccccc1. The quantitative estimate of drug-likeness (QED) is 0.398. The summed E-state index contributed by atoms with van der Waals surface area (Å²) in [5.74, 6) is 0. The molecule has 0 aliphatic carbocycles. The van der Waals surface area contributed by atoms with Gasteiger partial charge in [0, 0.05) is 0 Å². The third-order valence-corrected chi connectivity index (χ3v) is 11.8. The summed E-state index contributed by atoms with van der Waals surface area (Å²) in [7, 11) is 0. The molecular formula is C27H33Cr. The zero-order valence-corrected chi connectivity index (χ0v) is 19.3. The zero-order chi connectivity index (χ0) is 20.4. The molecule has 0 radical (unpaired) electrons. The van der Waals surface area contributed by atoms with Crippen molar-refractivity contribution in [1.29, 1.82) is 0 Å². The van der Waals surface area contributed by atoms with Crippen LogP contribution in [0, 0.1) is 0 Å². The van der Waals surface area contributed by atoms with Gasteiger partial charge in [0.1, 0.15) is 0 Å². The molecule has 0 amide bonds. The van der Waals surface area contributed by atoms with Gasteiger partial charge in [-0.1, -0.05) is 0 Å². The first-order chi connectivity index (χ1) is 13.2. The summed E-state index contributed by atoms with van der Waals surface area (Å²) in [6.45, 7) is 14.8. The minimum atomic E-state index is -1.35. The van der Waals surface area contributed by atoms with E-state index in [0.717, 1.165) is 0 Å². The molecule has 0 spiro atoms. The average Bonchev–Trinajstić information content (AvgIpc) is 2.69. The van der Waals surface area contributed by atoms with Gasteiger partial charge in [-0.15, -0.1) is 0 Å². The number of hydrogen-bond acceptors (Lipinski definition) is 0. The van der Waals surface area contributed by atoms with Crippen LogP contribution in [0.5, 0.6) is 0 Å². The third-order valence-electron chi connectivity index (χ3n) is 5.94. The van der Waals surface area contributed by atoms with Gasteiger partial charge < -0.3 is 0 Å². The molecule has 3 aromatic rings. The fourth-order valence-electron chi connectivity index (χ4n) is 4.79. The molecule has 0 bridgehead atoms. The molecule has 0 unspecified atom stereocenters. The van der Waals surface area contributed by atoms with Gasteiger partial charge in [0.15, 0.2) is 0 Å². The summed E-state index contributed by atoms with van der Waals surface area (Å²) in [4.78, 5) is 0. The molecule has 0 saturated heterocycles. The van der Waals surface area contributed by atoms with Crippen LogP contribution in [0.4, 0.5) is 0 Å². The van der Waals surface area contributed by atoms with Crippen molar-refractivity contribution in [3.63, 3.8) is 0 Å². The van der Waals surface area contributed by atoms with Crippen molar-refractivity contribution in [2.45, 2.75) is 54.4 Å². The van der Waals surface area contributed by atoms with E-state index in [4.69, 9.17) is 0 Å². The first-order valence-corrected chi connectivity index (χ1v) is 12.0. The van der Waals surface area contributed by atoms with E-state index in [1.165, 1.54) is 16.7 Å². The van der Waals surface area contributed by atoms with Crippen molar-refractivity contribution in [3.05, 3.63) is 108 Å². The molecule has 0 atom stereocenters. The van der Waals surface area contributed by atoms with E-state index in [1.54, 1.807) is 0 Å². The second kappa shape index (κ2) is 7.90. The normalized spacial score (nSPS) is 13.0. The van der Waals surface area contributed by atoms with Crippen molar-refractivity contribution < 1.29 is 14.1 Å². The maximum absolute atomic E-state index is 2.47. The van der Waals surface area contributed by atoms with Crippen molar-refractivity contribution in [1.82, 2.24) is 0 Å². The summed E-state index contributed by atoms with van der Waals surface area (Å²) in [5, 5.41) is 0. The molecule has 147 valence electrons. The fraction of sp³-hybridized carbons (Fsp3) is 0.333. The van der Waals surface area contributed by atoms with Crippen LogP contribution < -0.4 is 0 Å². The Morgan fingerprint density at radius 2 is 0.607 bits per heavy atom. The van der Waals surface area contributed by atoms with Gasteiger partial charge in [0.2, 0.25) is 0 Å². The molecule has 3 rings (SSSR count). The second-order valence-corrected chi connectivity index (χ2v) is 14.7. The molecule has 0 N–H and O–H groups in total. The number of hydrogen-bond donors (Lipinski definition) is 0. The predicted octanol–water partition coefficient (Wildman–Crippen LogP) is 7.41. The summed E-state index contributed by atoms with van der Waals surface area (Å²) in [6.07, 6.45) is 0. The van der Waals surface area contributed by atoms with E-state index < -0.39 is 14.1 Å². The first-order valence-electron chi connectivity index (χ1n) is 10.1. The van der Waals surface area contributed by atoms with E-state index in [-0.39, 0.29) is 12.8 Å². The summed E-state index contributed by atoms with van der Waals surface area (Å²) < 4.78 is 0.333. The van der Waals surface area contributed by atoms with Crippen LogP contribution in [-0.4, -0.2) is 0 Å². The molecule has 1 heteroatoms. The topological polar surface area (TPSA) is 0 Å². The predicted molar refractivity (Wildman–Crippen MR) is 118 cm³/mol. The van der Waals surface area contributed by atoms with Crippen LogP contribution in [-0.2, 0) is 27.0 Å². The van der Waals surface area contributed by atoms with Crippen molar-refractivity contribution in [3.8, 4) is 0 Å². The van der Waals surface area contributed by atoms with E-state index in [0.29, 0.717) is 0 Å². The molecule has 0 aliphatic rings. The summed E-state index contributed by atoms with van der Waals surface area (Å²) in [6, 6.07) is 33.4. The molecule has 3 aromatic carbocycles. The average molecular weight is 410 g/mol. The maximum atomic E-state index is 2.47. The number of benzene rings is 3. The number of rotatable bonds is 6. The van der Waals surface area contributed by atoms with Gasteiger partial charge in [0.25, 0.3) is 0 Å². The molecule has 0 nitrogen and oxygen atoms in total. The molecule has 0 heterocycles. The van der Waals surface area contributed by atoms with Crippen molar-refractivity contribution in [2.24, 2.45) is 0 Å². The third kappa shape index (κ3) is 3.84. The van der Waals surface area contributed by atoms with Crippen molar-refractivity contribution in [2.75, 3.05) is 0 Å². The van der Waals surface area contributed by atoms with E-state index >= 15 is 0 Å². The molecular weight excluding hydrogens is 376 g/mol. The van der Waals surface area contributed by atoms with Crippen LogP contribution in [0.2, 0.25) is 0 Å². The standard InChI is InChI=1S/3C9H11.Cr/c3*1-8(2)9-6-4-3-5-7-9;/h3*3-7H,1-2H3;. The Bertz CT molecular complexity index is 755. The van der Waals surface area contributed by atoms with Gasteiger partial charge >= 0.3 is 176 Å². The Kier molecular flexibility index (Phi) is 5.90. The molecule has 0 fully saturated rings. The molecule has 28 heavy (non-hydrogen) atoms. The summed E-state index contributed by atoms with van der Waals surface area (Å²) in [5.41, 5.74) is 4.36. The van der Waals surface area contributed by atoms with E-state index in [9.17, 15) is 0 Å². The second-order valence-electron chi connectivity index (χ2n) is 8.94. The van der Waals surface area contributed by atoms with E-state index in [1.807, 2.05) is 0 Å². The van der Waals surface area contributed by atoms with Crippen LogP contribution in [0.15, 0.2) is 91.0 Å². The van der Waals surface area contributed by atoms with Crippen LogP contribution in [0.25, 0.3) is 0 Å². The Labute approximate surface area is 176 Å². The Balaban J connectivity index is 2.23. The van der Waals surface area contributed by atoms with Crippen LogP contribution in [0.1, 0.15) is 58.2 Å². The minimum absolute atomic E-state index is 0.111. The molecule has 0 aliphatic heterocycles. The Morgan fingerprint density at radius 1 is 0.393 bits per heavy atom. The van der Waals surface area contributed by atoms with E-state index in [2.05, 4.69) is 133 Å². The van der Waals surface area contributed by atoms with Crippen molar-refractivity contribution >= 4 is 0 Å². The van der Waals surface area contributed by atoms with Crippen LogP contribution >= 0.6 is 0 Å². The molecule has 0 aromatic heterocycles. The van der Waals surface area contributed by atoms with Gasteiger partial charge in [-0.2, -0.15) is 0 Å². The Hall–Kier alpha value is -1.81. The van der Waals surface area contributed by atoms with Gasteiger partial charge in [0.05, 0.1) is 0 Å². The molecule has 0 saturated carbocycles. The van der Waals surface area contributed by atoms with Gasteiger partial charge in [-0.25, -0.2) is 0 Å². The first kappa shape index (κ1) is 20.9. The Morgan fingerprint density at radius 3 is 0.821 bits per heavy atom. The monoisotopic (exact) mass is 409 g/mol. The van der Waals surface area contributed by atoms with Gasteiger partial charge in [-0.05, 0) is 0 Å². The van der Waals surface area contributed by atoms with Crippen LogP contribution in [0.3, 0.4) is 0 Å². The zero-order valence-electron chi connectivity index (χ0n) is 18.1. The fourth-order valence-corrected chi connectivity index (χ4v) is 12.5.